The molecule has 0 fully saturated rings. The Morgan fingerprint density at radius 2 is 1.86 bits per heavy atom. The van der Waals surface area contributed by atoms with Gasteiger partial charge >= 0.3 is 0 Å². The molecule has 2 N–H and O–H groups in total. The van der Waals surface area contributed by atoms with Gasteiger partial charge in [0.05, 0.1) is 12.2 Å². The molecule has 0 spiro atoms. The van der Waals surface area contributed by atoms with Crippen molar-refractivity contribution in [3.05, 3.63) is 95.3 Å². The maximum Gasteiger partial charge on any atom is 0.257 e. The van der Waals surface area contributed by atoms with Gasteiger partial charge in [0, 0.05) is 17.4 Å². The van der Waals surface area contributed by atoms with Crippen LogP contribution in [-0.2, 0) is 13.0 Å². The van der Waals surface area contributed by atoms with Crippen molar-refractivity contribution in [2.75, 3.05) is 5.32 Å². The van der Waals surface area contributed by atoms with Crippen LogP contribution >= 0.6 is 0 Å². The van der Waals surface area contributed by atoms with E-state index < -0.39 is 0 Å². The standard InChI is InChI=1S/C23H24N4O/c1-3-18-10-12-19(13-11-18)22(28)27-23(25-16-21-8-4-5-14-24-21)26-20-9-6-7-17(2)15-20/h4-15H,3,16H2,1-2H3,(H2,25,26,27,28). The summed E-state index contributed by atoms with van der Waals surface area (Å²) in [7, 11) is 0. The van der Waals surface area contributed by atoms with Crippen LogP contribution in [0.2, 0.25) is 0 Å². The monoisotopic (exact) mass is 372 g/mol. The molecule has 5 nitrogen and oxygen atoms in total. The Kier molecular flexibility index (Phi) is 6.52. The number of nitrogens with one attached hydrogen (secondary N) is 2. The van der Waals surface area contributed by atoms with Crippen LogP contribution < -0.4 is 10.6 Å². The van der Waals surface area contributed by atoms with E-state index in [1.807, 2.05) is 73.7 Å². The van der Waals surface area contributed by atoms with Crippen molar-refractivity contribution in [2.45, 2.75) is 26.8 Å². The van der Waals surface area contributed by atoms with E-state index in [2.05, 4.69) is 27.5 Å². The molecule has 1 heterocycles. The van der Waals surface area contributed by atoms with Gasteiger partial charge in [-0.25, -0.2) is 4.99 Å². The minimum absolute atomic E-state index is 0.206. The zero-order valence-corrected chi connectivity index (χ0v) is 16.1. The number of hydrogen-bond acceptors (Lipinski definition) is 3. The van der Waals surface area contributed by atoms with E-state index in [1.54, 1.807) is 6.20 Å². The van der Waals surface area contributed by atoms with Gasteiger partial charge in [-0.2, -0.15) is 0 Å². The lowest BCUT2D eigenvalue weighted by Crippen LogP contribution is -2.36. The van der Waals surface area contributed by atoms with Crippen molar-refractivity contribution < 1.29 is 4.79 Å². The van der Waals surface area contributed by atoms with Crippen molar-refractivity contribution in [2.24, 2.45) is 4.99 Å². The molecule has 0 saturated heterocycles. The number of anilines is 1. The molecule has 0 aliphatic heterocycles. The molecule has 0 unspecified atom stereocenters. The highest BCUT2D eigenvalue weighted by molar-refractivity contribution is 6.09. The van der Waals surface area contributed by atoms with Gasteiger partial charge in [0.2, 0.25) is 5.96 Å². The highest BCUT2D eigenvalue weighted by Crippen LogP contribution is 2.10. The van der Waals surface area contributed by atoms with Crippen molar-refractivity contribution >= 4 is 17.6 Å². The maximum absolute atomic E-state index is 12.7. The zero-order valence-electron chi connectivity index (χ0n) is 16.1. The van der Waals surface area contributed by atoms with Crippen molar-refractivity contribution in [3.63, 3.8) is 0 Å². The highest BCUT2D eigenvalue weighted by Gasteiger charge is 2.10. The quantitative estimate of drug-likeness (QED) is 0.517. The second-order valence-corrected chi connectivity index (χ2v) is 6.48. The van der Waals surface area contributed by atoms with Crippen molar-refractivity contribution in [3.8, 4) is 0 Å². The molecule has 3 rings (SSSR count). The molecule has 0 bridgehead atoms. The first-order chi connectivity index (χ1) is 13.6. The fourth-order valence-corrected chi connectivity index (χ4v) is 2.69. The molecule has 0 radical (unpaired) electrons. The molecule has 1 aromatic heterocycles. The lowest BCUT2D eigenvalue weighted by Gasteiger charge is -2.12. The molecule has 0 aliphatic rings. The van der Waals surface area contributed by atoms with Crippen LogP contribution in [0.1, 0.15) is 34.1 Å². The summed E-state index contributed by atoms with van der Waals surface area (Å²) in [5.41, 5.74) is 4.59. The van der Waals surface area contributed by atoms with Crippen molar-refractivity contribution in [1.82, 2.24) is 10.3 Å². The molecule has 1 amide bonds. The summed E-state index contributed by atoms with van der Waals surface area (Å²) in [6, 6.07) is 21.2. The average molecular weight is 372 g/mol. The number of benzene rings is 2. The molecule has 2 aromatic carbocycles. The summed E-state index contributed by atoms with van der Waals surface area (Å²) in [5, 5.41) is 6.08. The van der Waals surface area contributed by atoms with Crippen LogP contribution in [0.4, 0.5) is 5.69 Å². The summed E-state index contributed by atoms with van der Waals surface area (Å²) >= 11 is 0. The fourth-order valence-electron chi connectivity index (χ4n) is 2.69. The molecule has 0 atom stereocenters. The van der Waals surface area contributed by atoms with Crippen LogP contribution in [0.5, 0.6) is 0 Å². The SMILES string of the molecule is CCc1ccc(C(=O)NC(=NCc2ccccn2)Nc2cccc(C)c2)cc1. The molecule has 142 valence electrons. The number of aryl methyl sites for hydroxylation is 2. The number of hydrogen-bond donors (Lipinski definition) is 2. The lowest BCUT2D eigenvalue weighted by molar-refractivity contribution is 0.0977. The van der Waals surface area contributed by atoms with Gasteiger partial charge in [-0.3, -0.25) is 15.1 Å². The van der Waals surface area contributed by atoms with Gasteiger partial charge in [0.1, 0.15) is 0 Å². The summed E-state index contributed by atoms with van der Waals surface area (Å²) in [4.78, 5) is 21.5. The molecule has 5 heteroatoms. The van der Waals surface area contributed by atoms with Gasteiger partial charge in [0.25, 0.3) is 5.91 Å². The highest BCUT2D eigenvalue weighted by atomic mass is 16.1. The van der Waals surface area contributed by atoms with E-state index >= 15 is 0 Å². The Labute approximate surface area is 165 Å². The number of carbonyl (C=O) groups is 1. The maximum atomic E-state index is 12.7. The van der Waals surface area contributed by atoms with Crippen molar-refractivity contribution in [1.29, 1.82) is 0 Å². The third-order valence-corrected chi connectivity index (χ3v) is 4.26. The predicted molar refractivity (Wildman–Crippen MR) is 113 cm³/mol. The summed E-state index contributed by atoms with van der Waals surface area (Å²) in [6.07, 6.45) is 2.67. The third kappa shape index (κ3) is 5.51. The summed E-state index contributed by atoms with van der Waals surface area (Å²) in [5.74, 6) is 0.184. The smallest absolute Gasteiger partial charge is 0.257 e. The number of guanidine groups is 1. The van der Waals surface area contributed by atoms with E-state index in [0.717, 1.165) is 23.4 Å². The van der Waals surface area contributed by atoms with Gasteiger partial charge in [-0.15, -0.1) is 0 Å². The van der Waals surface area contributed by atoms with E-state index in [0.29, 0.717) is 18.1 Å². The number of amides is 1. The van der Waals surface area contributed by atoms with Crippen LogP contribution in [0.15, 0.2) is 77.9 Å². The Bertz CT molecular complexity index is 950. The fraction of sp³-hybridized carbons (Fsp3) is 0.174. The number of pyridine rings is 1. The van der Waals surface area contributed by atoms with Gasteiger partial charge in [-0.1, -0.05) is 37.3 Å². The minimum Gasteiger partial charge on any atom is -0.326 e. The van der Waals surface area contributed by atoms with Gasteiger partial charge in [0.15, 0.2) is 0 Å². The average Bonchev–Trinajstić information content (AvgIpc) is 2.73. The Hall–Kier alpha value is -3.47. The van der Waals surface area contributed by atoms with Crippen LogP contribution in [0.25, 0.3) is 0 Å². The number of aliphatic imine (C=N–C) groups is 1. The second kappa shape index (κ2) is 9.46. The van der Waals surface area contributed by atoms with E-state index in [9.17, 15) is 4.79 Å². The third-order valence-electron chi connectivity index (χ3n) is 4.26. The largest absolute Gasteiger partial charge is 0.326 e. The van der Waals surface area contributed by atoms with Gasteiger partial charge < -0.3 is 5.32 Å². The first-order valence-electron chi connectivity index (χ1n) is 9.32. The predicted octanol–water partition coefficient (Wildman–Crippen LogP) is 4.35. The summed E-state index contributed by atoms with van der Waals surface area (Å²) in [6.45, 7) is 4.47. The Balaban J connectivity index is 1.78. The van der Waals surface area contributed by atoms with Crippen LogP contribution in [-0.4, -0.2) is 16.9 Å². The molecule has 28 heavy (non-hydrogen) atoms. The zero-order chi connectivity index (χ0) is 19.8. The molecular weight excluding hydrogens is 348 g/mol. The number of rotatable bonds is 5. The lowest BCUT2D eigenvalue weighted by atomic mass is 10.1. The molecule has 3 aromatic rings. The number of nitrogens with zero attached hydrogens (tertiary/aromatic N) is 2. The molecule has 0 aliphatic carbocycles. The first kappa shape index (κ1) is 19.3. The number of carbonyl (C=O) groups excluding carboxylic acids is 1. The van der Waals surface area contributed by atoms with E-state index in [4.69, 9.17) is 0 Å². The first-order valence-corrected chi connectivity index (χ1v) is 9.32. The Morgan fingerprint density at radius 3 is 2.54 bits per heavy atom. The van der Waals surface area contributed by atoms with E-state index in [1.165, 1.54) is 5.56 Å². The van der Waals surface area contributed by atoms with E-state index in [-0.39, 0.29) is 5.91 Å². The Morgan fingerprint density at radius 1 is 1.04 bits per heavy atom. The summed E-state index contributed by atoms with van der Waals surface area (Å²) < 4.78 is 0. The molecular formula is C23H24N4O. The minimum atomic E-state index is -0.206. The number of aromatic nitrogens is 1. The van der Waals surface area contributed by atoms with Crippen LogP contribution in [0, 0.1) is 6.92 Å². The van der Waals surface area contributed by atoms with Crippen LogP contribution in [0.3, 0.4) is 0 Å². The normalized spacial score (nSPS) is 11.1. The molecule has 0 saturated carbocycles. The second-order valence-electron chi connectivity index (χ2n) is 6.48. The topological polar surface area (TPSA) is 66.4 Å². The van der Waals surface area contributed by atoms with Gasteiger partial charge in [-0.05, 0) is 60.9 Å².